The molecule has 3 amide bonds. The van der Waals surface area contributed by atoms with Crippen LogP contribution in [0.15, 0.2) is 71.7 Å². The van der Waals surface area contributed by atoms with Crippen LogP contribution in [-0.2, 0) is 11.3 Å². The lowest BCUT2D eigenvalue weighted by Gasteiger charge is -2.19. The smallest absolute Gasteiger partial charge is 0.436 e. The predicted molar refractivity (Wildman–Crippen MR) is 137 cm³/mol. The summed E-state index contributed by atoms with van der Waals surface area (Å²) in [6, 6.07) is 14.7. The second-order valence-electron chi connectivity index (χ2n) is 9.33. The Balaban J connectivity index is 1.71. The Hall–Kier alpha value is -4.40. The molecule has 0 bridgehead atoms. The number of rotatable bonds is 5. The summed E-state index contributed by atoms with van der Waals surface area (Å²) in [5, 5.41) is 2.83. The van der Waals surface area contributed by atoms with E-state index in [2.05, 4.69) is 15.3 Å². The number of imidazole rings is 1. The molecule has 9 heteroatoms. The summed E-state index contributed by atoms with van der Waals surface area (Å²) in [5.74, 6) is 0.809. The molecule has 0 spiro atoms. The van der Waals surface area contributed by atoms with E-state index in [-0.39, 0.29) is 18.4 Å². The highest BCUT2D eigenvalue weighted by molar-refractivity contribution is 6.18. The molecule has 9 nitrogen and oxygen atoms in total. The number of urea groups is 1. The average molecular weight is 488 g/mol. The van der Waals surface area contributed by atoms with Crippen LogP contribution in [0.2, 0.25) is 0 Å². The van der Waals surface area contributed by atoms with E-state index in [0.717, 1.165) is 22.5 Å². The maximum atomic E-state index is 12.9. The molecule has 0 unspecified atom stereocenters. The van der Waals surface area contributed by atoms with Gasteiger partial charge in [-0.15, -0.1) is 0 Å². The van der Waals surface area contributed by atoms with Crippen LogP contribution in [0.5, 0.6) is 5.75 Å². The fraction of sp³-hybridized carbons (Fsp3) is 0.259. The van der Waals surface area contributed by atoms with Crippen molar-refractivity contribution in [3.8, 4) is 11.4 Å². The van der Waals surface area contributed by atoms with Gasteiger partial charge in [-0.05, 0) is 57.0 Å². The molecule has 1 aliphatic heterocycles. The van der Waals surface area contributed by atoms with Crippen LogP contribution in [0.1, 0.15) is 37.6 Å². The monoisotopic (exact) mass is 487 g/mol. The number of nitrogens with one attached hydrogen (secondary N) is 1. The lowest BCUT2D eigenvalue weighted by atomic mass is 10.1. The first kappa shape index (κ1) is 24.7. The molecular weight excluding hydrogens is 458 g/mol. The summed E-state index contributed by atoms with van der Waals surface area (Å²) in [4.78, 5) is 35.4. The highest BCUT2D eigenvalue weighted by atomic mass is 16.6. The lowest BCUT2D eigenvalue weighted by Crippen LogP contribution is -2.31. The van der Waals surface area contributed by atoms with E-state index < -0.39 is 11.7 Å². The van der Waals surface area contributed by atoms with Crippen molar-refractivity contribution < 1.29 is 19.1 Å². The van der Waals surface area contributed by atoms with Gasteiger partial charge >= 0.3 is 12.1 Å². The number of carbonyl (C=O) groups excluding carboxylic acids is 2. The molecule has 0 atom stereocenters. The van der Waals surface area contributed by atoms with E-state index in [0.29, 0.717) is 11.4 Å². The zero-order valence-electron chi connectivity index (χ0n) is 21.0. The molecule has 0 saturated carbocycles. The predicted octanol–water partition coefficient (Wildman–Crippen LogP) is 5.09. The Kier molecular flexibility index (Phi) is 6.91. The van der Waals surface area contributed by atoms with Crippen LogP contribution in [-0.4, -0.2) is 45.1 Å². The number of hydrogen-bond donors (Lipinski definition) is 1. The van der Waals surface area contributed by atoms with E-state index in [9.17, 15) is 9.59 Å². The standard InChI is InChI=1S/C27H29N5O4/c1-18-15-31(17-28-18)22-12-11-20(14-23(22)35-5)13-21-24(30-26(34)36-27(2,3)4)32(25(33)29-21)16-19-9-7-6-8-10-19/h6-15,17H,16H2,1-5H3,(H,29,33)/b21-13-,30-24+. The van der Waals surface area contributed by atoms with Gasteiger partial charge in [-0.2, -0.15) is 4.99 Å². The summed E-state index contributed by atoms with van der Waals surface area (Å²) >= 11 is 0. The normalized spacial score (nSPS) is 15.9. The molecule has 2 heterocycles. The number of ether oxygens (including phenoxy) is 2. The van der Waals surface area contributed by atoms with Crippen molar-refractivity contribution in [3.05, 3.63) is 83.6 Å². The Morgan fingerprint density at radius 3 is 2.56 bits per heavy atom. The molecule has 4 rings (SSSR count). The van der Waals surface area contributed by atoms with Crippen LogP contribution in [0.4, 0.5) is 9.59 Å². The molecule has 1 aliphatic rings. The molecule has 1 fully saturated rings. The Labute approximate surface area is 210 Å². The van der Waals surface area contributed by atoms with E-state index >= 15 is 0 Å². The van der Waals surface area contributed by atoms with Crippen molar-refractivity contribution in [1.29, 1.82) is 0 Å². The summed E-state index contributed by atoms with van der Waals surface area (Å²) in [6.07, 6.45) is 4.59. The number of aryl methyl sites for hydroxylation is 1. The second kappa shape index (κ2) is 10.1. The van der Waals surface area contributed by atoms with Crippen molar-refractivity contribution >= 4 is 24.0 Å². The molecule has 0 radical (unpaired) electrons. The second-order valence-corrected chi connectivity index (χ2v) is 9.33. The van der Waals surface area contributed by atoms with E-state index in [4.69, 9.17) is 9.47 Å². The average Bonchev–Trinajstić information content (AvgIpc) is 3.37. The molecule has 1 saturated heterocycles. The number of amides is 3. The van der Waals surface area contributed by atoms with Crippen LogP contribution >= 0.6 is 0 Å². The Bertz CT molecular complexity index is 1340. The Morgan fingerprint density at radius 2 is 1.92 bits per heavy atom. The third-order valence-electron chi connectivity index (χ3n) is 5.26. The first-order valence-electron chi connectivity index (χ1n) is 11.5. The number of methoxy groups -OCH3 is 1. The largest absolute Gasteiger partial charge is 0.495 e. The van der Waals surface area contributed by atoms with Gasteiger partial charge in [-0.1, -0.05) is 36.4 Å². The minimum absolute atomic E-state index is 0.186. The topological polar surface area (TPSA) is 98.0 Å². The molecule has 0 aliphatic carbocycles. The van der Waals surface area contributed by atoms with Gasteiger partial charge < -0.3 is 19.4 Å². The van der Waals surface area contributed by atoms with Crippen LogP contribution in [0.25, 0.3) is 11.8 Å². The minimum Gasteiger partial charge on any atom is -0.495 e. The van der Waals surface area contributed by atoms with Crippen molar-refractivity contribution in [2.24, 2.45) is 4.99 Å². The van der Waals surface area contributed by atoms with Gasteiger partial charge in [0.2, 0.25) is 0 Å². The summed E-state index contributed by atoms with van der Waals surface area (Å²) in [6.45, 7) is 7.44. The van der Waals surface area contributed by atoms with Crippen LogP contribution in [0, 0.1) is 6.92 Å². The fourth-order valence-electron chi connectivity index (χ4n) is 3.70. The molecule has 36 heavy (non-hydrogen) atoms. The minimum atomic E-state index is -0.777. The number of benzene rings is 2. The quantitative estimate of drug-likeness (QED) is 0.541. The SMILES string of the molecule is COc1cc(/C=C2\NC(=O)N(Cc3ccccc3)\C2=N\C(=O)OC(C)(C)C)ccc1-n1cnc(C)c1. The maximum absolute atomic E-state index is 12.9. The summed E-state index contributed by atoms with van der Waals surface area (Å²) in [5.41, 5.74) is 3.02. The van der Waals surface area contributed by atoms with Crippen LogP contribution in [0.3, 0.4) is 0 Å². The Morgan fingerprint density at radius 1 is 1.17 bits per heavy atom. The highest BCUT2D eigenvalue weighted by Crippen LogP contribution is 2.27. The van der Waals surface area contributed by atoms with Crippen molar-refractivity contribution in [1.82, 2.24) is 19.8 Å². The number of hydrogen-bond acceptors (Lipinski definition) is 5. The molecule has 3 aromatic rings. The molecule has 1 aromatic heterocycles. The van der Waals surface area contributed by atoms with Gasteiger partial charge in [0.15, 0.2) is 5.84 Å². The van der Waals surface area contributed by atoms with Crippen molar-refractivity contribution in [2.75, 3.05) is 7.11 Å². The van der Waals surface area contributed by atoms with Crippen molar-refractivity contribution in [3.63, 3.8) is 0 Å². The molecule has 1 N–H and O–H groups in total. The van der Waals surface area contributed by atoms with Crippen molar-refractivity contribution in [2.45, 2.75) is 39.8 Å². The number of aliphatic imine (C=N–C) groups is 1. The van der Waals surface area contributed by atoms with Gasteiger partial charge in [-0.25, -0.2) is 14.6 Å². The first-order chi connectivity index (χ1) is 17.1. The van der Waals surface area contributed by atoms with Crippen LogP contribution < -0.4 is 10.1 Å². The van der Waals surface area contributed by atoms with E-state index in [1.807, 2.05) is 66.2 Å². The molecular formula is C27H29N5O4. The fourth-order valence-corrected chi connectivity index (χ4v) is 3.70. The maximum Gasteiger partial charge on any atom is 0.436 e. The van der Waals surface area contributed by atoms with Gasteiger partial charge in [0.05, 0.1) is 37.1 Å². The zero-order valence-corrected chi connectivity index (χ0v) is 21.0. The van der Waals surface area contributed by atoms with E-state index in [1.165, 1.54) is 4.90 Å². The number of carbonyl (C=O) groups is 2. The lowest BCUT2D eigenvalue weighted by molar-refractivity contribution is 0.0603. The van der Waals surface area contributed by atoms with Gasteiger partial charge in [0.25, 0.3) is 0 Å². The van der Waals surface area contributed by atoms with E-state index in [1.54, 1.807) is 40.3 Å². The van der Waals surface area contributed by atoms with Gasteiger partial charge in [0.1, 0.15) is 11.4 Å². The number of aromatic nitrogens is 2. The first-order valence-corrected chi connectivity index (χ1v) is 11.5. The third-order valence-corrected chi connectivity index (χ3v) is 5.26. The number of amidine groups is 1. The summed E-state index contributed by atoms with van der Waals surface area (Å²) in [7, 11) is 1.59. The molecule has 186 valence electrons. The zero-order chi connectivity index (χ0) is 25.9. The summed E-state index contributed by atoms with van der Waals surface area (Å²) < 4.78 is 12.9. The third kappa shape index (κ3) is 5.80. The highest BCUT2D eigenvalue weighted by Gasteiger charge is 2.33. The number of nitrogens with zero attached hydrogens (tertiary/aromatic N) is 4. The van der Waals surface area contributed by atoms with Gasteiger partial charge in [0, 0.05) is 6.20 Å². The van der Waals surface area contributed by atoms with Gasteiger partial charge in [-0.3, -0.25) is 4.90 Å². The molecule has 2 aromatic carbocycles.